The predicted molar refractivity (Wildman–Crippen MR) is 98.3 cm³/mol. The fourth-order valence-corrected chi connectivity index (χ4v) is 3.13. The van der Waals surface area contributed by atoms with Crippen LogP contribution in [0.15, 0.2) is 41.1 Å². The second-order valence-electron chi connectivity index (χ2n) is 6.13. The van der Waals surface area contributed by atoms with E-state index in [1.807, 2.05) is 26.0 Å². The van der Waals surface area contributed by atoms with E-state index in [0.717, 1.165) is 5.69 Å². The van der Waals surface area contributed by atoms with Crippen molar-refractivity contribution in [3.63, 3.8) is 0 Å². The first-order valence-electron chi connectivity index (χ1n) is 8.97. The number of carbonyl (C=O) groups excluding carboxylic acids is 2. The first kappa shape index (κ1) is 18.0. The van der Waals surface area contributed by atoms with E-state index in [9.17, 15) is 9.59 Å². The zero-order chi connectivity index (χ0) is 18.5. The van der Waals surface area contributed by atoms with Crippen LogP contribution in [0.1, 0.15) is 34.9 Å². The Bertz CT molecular complexity index is 748. The SMILES string of the molecule is CCN(CC)C(=O)c1cc(N2CCN(C(=O)c3ccco3)CC2)ccn1. The second-order valence-corrected chi connectivity index (χ2v) is 6.13. The third-order valence-electron chi connectivity index (χ3n) is 4.68. The molecule has 7 nitrogen and oxygen atoms in total. The van der Waals surface area contributed by atoms with Gasteiger partial charge in [0.25, 0.3) is 11.8 Å². The number of amides is 2. The number of carbonyl (C=O) groups is 2. The van der Waals surface area contributed by atoms with E-state index in [1.54, 1.807) is 28.1 Å². The molecule has 0 unspecified atom stereocenters. The van der Waals surface area contributed by atoms with Crippen molar-refractivity contribution in [2.45, 2.75) is 13.8 Å². The van der Waals surface area contributed by atoms with Crippen molar-refractivity contribution >= 4 is 17.5 Å². The van der Waals surface area contributed by atoms with Crippen molar-refractivity contribution in [3.8, 4) is 0 Å². The van der Waals surface area contributed by atoms with Crippen LogP contribution in [0.4, 0.5) is 5.69 Å². The van der Waals surface area contributed by atoms with Crippen LogP contribution in [0.5, 0.6) is 0 Å². The Labute approximate surface area is 153 Å². The Balaban J connectivity index is 1.65. The van der Waals surface area contributed by atoms with E-state index in [4.69, 9.17) is 4.42 Å². The fraction of sp³-hybridized carbons (Fsp3) is 0.421. The minimum absolute atomic E-state index is 0.0523. The molecule has 0 bridgehead atoms. The zero-order valence-corrected chi connectivity index (χ0v) is 15.2. The van der Waals surface area contributed by atoms with Gasteiger partial charge in [-0.25, -0.2) is 0 Å². The van der Waals surface area contributed by atoms with Crippen LogP contribution < -0.4 is 4.90 Å². The van der Waals surface area contributed by atoms with Gasteiger partial charge in [-0.1, -0.05) is 0 Å². The van der Waals surface area contributed by atoms with E-state index in [2.05, 4.69) is 9.88 Å². The Morgan fingerprint density at radius 1 is 1.15 bits per heavy atom. The Morgan fingerprint density at radius 3 is 2.50 bits per heavy atom. The van der Waals surface area contributed by atoms with E-state index >= 15 is 0 Å². The van der Waals surface area contributed by atoms with Gasteiger partial charge in [0.05, 0.1) is 6.26 Å². The van der Waals surface area contributed by atoms with Gasteiger partial charge in [-0.15, -0.1) is 0 Å². The Hall–Kier alpha value is -2.83. The highest BCUT2D eigenvalue weighted by molar-refractivity contribution is 5.93. The minimum Gasteiger partial charge on any atom is -0.459 e. The lowest BCUT2D eigenvalue weighted by molar-refractivity contribution is 0.0714. The van der Waals surface area contributed by atoms with Crippen LogP contribution in [0.2, 0.25) is 0 Å². The maximum atomic E-state index is 12.5. The molecule has 138 valence electrons. The monoisotopic (exact) mass is 356 g/mol. The van der Waals surface area contributed by atoms with Gasteiger partial charge in [-0.05, 0) is 38.1 Å². The van der Waals surface area contributed by atoms with Crippen LogP contribution in [-0.2, 0) is 0 Å². The van der Waals surface area contributed by atoms with Gasteiger partial charge in [0.15, 0.2) is 5.76 Å². The van der Waals surface area contributed by atoms with Crippen molar-refractivity contribution in [3.05, 3.63) is 48.2 Å². The number of pyridine rings is 1. The average molecular weight is 356 g/mol. The molecule has 0 aromatic carbocycles. The molecule has 7 heteroatoms. The fourth-order valence-electron chi connectivity index (χ4n) is 3.13. The number of furan rings is 1. The molecule has 1 saturated heterocycles. The number of nitrogens with zero attached hydrogens (tertiary/aromatic N) is 4. The average Bonchev–Trinajstić information content (AvgIpc) is 3.23. The molecular weight excluding hydrogens is 332 g/mol. The molecule has 1 aliphatic rings. The number of aromatic nitrogens is 1. The highest BCUT2D eigenvalue weighted by Gasteiger charge is 2.24. The molecular formula is C19H24N4O3. The van der Waals surface area contributed by atoms with Crippen LogP contribution in [0, 0.1) is 0 Å². The van der Waals surface area contributed by atoms with Crippen molar-refractivity contribution in [1.82, 2.24) is 14.8 Å². The van der Waals surface area contributed by atoms with Gasteiger partial charge >= 0.3 is 0 Å². The summed E-state index contributed by atoms with van der Waals surface area (Å²) in [4.78, 5) is 34.8. The van der Waals surface area contributed by atoms with E-state index in [-0.39, 0.29) is 11.8 Å². The van der Waals surface area contributed by atoms with E-state index < -0.39 is 0 Å². The van der Waals surface area contributed by atoms with Crippen molar-refractivity contribution in [1.29, 1.82) is 0 Å². The third-order valence-corrected chi connectivity index (χ3v) is 4.68. The minimum atomic E-state index is -0.0817. The Kier molecular flexibility index (Phi) is 5.55. The molecule has 0 atom stereocenters. The number of anilines is 1. The summed E-state index contributed by atoms with van der Waals surface area (Å²) in [5.41, 5.74) is 1.42. The van der Waals surface area contributed by atoms with Crippen molar-refractivity contribution < 1.29 is 14.0 Å². The third kappa shape index (κ3) is 3.71. The molecule has 0 radical (unpaired) electrons. The summed E-state index contributed by atoms with van der Waals surface area (Å²) < 4.78 is 5.19. The summed E-state index contributed by atoms with van der Waals surface area (Å²) in [5.74, 6) is 0.236. The van der Waals surface area contributed by atoms with Crippen molar-refractivity contribution in [2.75, 3.05) is 44.2 Å². The largest absolute Gasteiger partial charge is 0.459 e. The molecule has 3 heterocycles. The molecule has 0 saturated carbocycles. The van der Waals surface area contributed by atoms with Crippen LogP contribution in [0.25, 0.3) is 0 Å². The Morgan fingerprint density at radius 2 is 1.88 bits per heavy atom. The van der Waals surface area contributed by atoms with Crippen LogP contribution >= 0.6 is 0 Å². The van der Waals surface area contributed by atoms with Crippen LogP contribution in [0.3, 0.4) is 0 Å². The second kappa shape index (κ2) is 8.03. The molecule has 1 aliphatic heterocycles. The maximum Gasteiger partial charge on any atom is 0.289 e. The van der Waals surface area contributed by atoms with Crippen LogP contribution in [-0.4, -0.2) is 65.9 Å². The summed E-state index contributed by atoms with van der Waals surface area (Å²) in [7, 11) is 0. The lowest BCUT2D eigenvalue weighted by Gasteiger charge is -2.35. The molecule has 2 aromatic heterocycles. The number of hydrogen-bond donors (Lipinski definition) is 0. The van der Waals surface area contributed by atoms with Gasteiger partial charge in [0.2, 0.25) is 0 Å². The standard InChI is InChI=1S/C19H24N4O3/c1-3-21(4-2)18(24)16-14-15(7-8-20-16)22-9-11-23(12-10-22)19(25)17-6-5-13-26-17/h5-8,13-14H,3-4,9-12H2,1-2H3. The maximum absolute atomic E-state index is 12.5. The molecule has 0 N–H and O–H groups in total. The lowest BCUT2D eigenvalue weighted by Crippen LogP contribution is -2.48. The smallest absolute Gasteiger partial charge is 0.289 e. The topological polar surface area (TPSA) is 69.9 Å². The van der Waals surface area contributed by atoms with Gasteiger partial charge < -0.3 is 19.1 Å². The zero-order valence-electron chi connectivity index (χ0n) is 15.2. The number of piperazine rings is 1. The molecule has 26 heavy (non-hydrogen) atoms. The molecule has 2 amide bonds. The predicted octanol–water partition coefficient (Wildman–Crippen LogP) is 2.12. The first-order chi connectivity index (χ1) is 12.6. The molecule has 0 spiro atoms. The number of hydrogen-bond acceptors (Lipinski definition) is 5. The van der Waals surface area contributed by atoms with E-state index in [1.165, 1.54) is 6.26 Å². The summed E-state index contributed by atoms with van der Waals surface area (Å²) in [6, 6.07) is 7.14. The summed E-state index contributed by atoms with van der Waals surface area (Å²) in [5, 5.41) is 0. The van der Waals surface area contributed by atoms with Gasteiger partial charge in [0, 0.05) is 51.2 Å². The molecule has 3 rings (SSSR count). The van der Waals surface area contributed by atoms with Gasteiger partial charge in [0.1, 0.15) is 5.69 Å². The van der Waals surface area contributed by atoms with Crippen molar-refractivity contribution in [2.24, 2.45) is 0 Å². The molecule has 2 aromatic rings. The molecule has 0 aliphatic carbocycles. The van der Waals surface area contributed by atoms with Gasteiger partial charge in [-0.3, -0.25) is 14.6 Å². The normalized spacial score (nSPS) is 14.4. The lowest BCUT2D eigenvalue weighted by atomic mass is 10.2. The summed E-state index contributed by atoms with van der Waals surface area (Å²) >= 11 is 0. The summed E-state index contributed by atoms with van der Waals surface area (Å²) in [6.07, 6.45) is 3.18. The highest BCUT2D eigenvalue weighted by Crippen LogP contribution is 2.19. The van der Waals surface area contributed by atoms with E-state index in [0.29, 0.717) is 50.7 Å². The molecule has 1 fully saturated rings. The van der Waals surface area contributed by atoms with Gasteiger partial charge in [-0.2, -0.15) is 0 Å². The highest BCUT2D eigenvalue weighted by atomic mass is 16.3. The first-order valence-corrected chi connectivity index (χ1v) is 8.97. The number of rotatable bonds is 5. The quantitative estimate of drug-likeness (QED) is 0.821. The summed E-state index contributed by atoms with van der Waals surface area (Å²) in [6.45, 7) is 7.87.